The maximum absolute atomic E-state index is 14.9. The molecule has 0 radical (unpaired) electrons. The summed E-state index contributed by atoms with van der Waals surface area (Å²) < 4.78 is 30.6. The van der Waals surface area contributed by atoms with Gasteiger partial charge in [-0.25, -0.2) is 4.72 Å². The van der Waals surface area contributed by atoms with E-state index in [4.69, 9.17) is 0 Å². The number of likely N-dealkylation sites (tertiary alicyclic amines) is 1. The summed E-state index contributed by atoms with van der Waals surface area (Å²) in [7, 11) is 1.01. The number of hydrogen-bond donors (Lipinski definition) is 1. The van der Waals surface area contributed by atoms with Crippen molar-refractivity contribution in [2.75, 3.05) is 34.2 Å². The van der Waals surface area contributed by atoms with Gasteiger partial charge in [0.15, 0.2) is 0 Å². The summed E-state index contributed by atoms with van der Waals surface area (Å²) in [5, 5.41) is 1.11. The van der Waals surface area contributed by atoms with Gasteiger partial charge in [-0.3, -0.25) is 9.59 Å². The molecule has 2 aromatic carbocycles. The van der Waals surface area contributed by atoms with Crippen LogP contribution < -0.4 is 4.72 Å². The molecule has 2 unspecified atom stereocenters. The highest BCUT2D eigenvalue weighted by atomic mass is 32.2. The van der Waals surface area contributed by atoms with E-state index in [0.717, 1.165) is 60.4 Å². The summed E-state index contributed by atoms with van der Waals surface area (Å²) in [6.45, 7) is 2.42. The van der Waals surface area contributed by atoms with Crippen LogP contribution in [-0.4, -0.2) is 85.2 Å². The molecule has 1 aromatic heterocycles. The number of benzene rings is 2. The van der Waals surface area contributed by atoms with Crippen LogP contribution in [0.5, 0.6) is 0 Å². The van der Waals surface area contributed by atoms with Crippen molar-refractivity contribution in [1.82, 2.24) is 23.4 Å². The second-order valence-corrected chi connectivity index (χ2v) is 16.3. The van der Waals surface area contributed by atoms with Crippen LogP contribution >= 0.6 is 0 Å². The van der Waals surface area contributed by atoms with E-state index in [-0.39, 0.29) is 18.0 Å². The highest BCUT2D eigenvalue weighted by Crippen LogP contribution is 2.66. The maximum atomic E-state index is 14.9. The van der Waals surface area contributed by atoms with E-state index in [1.165, 1.54) is 55.7 Å². The standard InChI is InChI=1S/C35H43N5O4S/c1-37(2)45(43,44)36-33(41)23-13-16-28-30(17-23)39-21-35(34(42)40-24-14-15-25(40)20-38(3)19-24)18-29(35)26-11-7-8-12-27(26)32(39)31(28)22-9-5-4-6-10-22/h7-8,11-13,16-17,22,24-25,29H,4-6,9-10,14-15,18-21H2,1-3H3,(H,36,41)/t24?,25?,29-,35-/m1/s1. The lowest BCUT2D eigenvalue weighted by atomic mass is 9.81. The molecule has 3 aromatic rings. The molecule has 4 heterocycles. The van der Waals surface area contributed by atoms with Crippen molar-refractivity contribution in [2.24, 2.45) is 5.41 Å². The molecule has 2 amide bonds. The summed E-state index contributed by atoms with van der Waals surface area (Å²) in [4.78, 5) is 32.8. The third-order valence-electron chi connectivity index (χ3n) is 11.5. The van der Waals surface area contributed by atoms with Gasteiger partial charge in [-0.2, -0.15) is 12.7 Å². The zero-order valence-electron chi connectivity index (χ0n) is 26.5. The number of amides is 2. The molecule has 45 heavy (non-hydrogen) atoms. The molecular weight excluding hydrogens is 586 g/mol. The SMILES string of the molecule is CN1CC2CCC(C1)N2C(=O)[C@@]12C[C@@H]1c1ccccc1-c1c(C3CCCCC3)c3ccc(C(=O)NS(=O)(=O)N(C)C)cc3n1C2. The van der Waals surface area contributed by atoms with Crippen molar-refractivity contribution < 1.29 is 18.0 Å². The zero-order valence-corrected chi connectivity index (χ0v) is 27.3. The van der Waals surface area contributed by atoms with Crippen molar-refractivity contribution in [2.45, 2.75) is 81.8 Å². The molecular formula is C35H43N5O4S. The van der Waals surface area contributed by atoms with Gasteiger partial charge in [-0.15, -0.1) is 0 Å². The maximum Gasteiger partial charge on any atom is 0.303 e. The average Bonchev–Trinajstić information content (AvgIpc) is 3.61. The molecule has 2 bridgehead atoms. The molecule has 238 valence electrons. The summed E-state index contributed by atoms with van der Waals surface area (Å²) in [6.07, 6.45) is 8.83. The largest absolute Gasteiger partial charge is 0.339 e. The normalized spacial score (nSPS) is 28.0. The fraction of sp³-hybridized carbons (Fsp3) is 0.543. The third-order valence-corrected chi connectivity index (χ3v) is 12.9. The fourth-order valence-corrected chi connectivity index (χ4v) is 9.77. The Hall–Kier alpha value is -3.21. The van der Waals surface area contributed by atoms with Crippen LogP contribution in [0.2, 0.25) is 0 Å². The Bertz CT molecular complexity index is 1810. The molecule has 4 fully saturated rings. The van der Waals surface area contributed by atoms with Crippen LogP contribution in [-0.2, 0) is 21.5 Å². The van der Waals surface area contributed by atoms with E-state index < -0.39 is 21.5 Å². The van der Waals surface area contributed by atoms with E-state index in [1.807, 2.05) is 12.1 Å². The Morgan fingerprint density at radius 1 is 0.956 bits per heavy atom. The molecule has 10 heteroatoms. The summed E-state index contributed by atoms with van der Waals surface area (Å²) in [5.74, 6) is 0.196. The van der Waals surface area contributed by atoms with Crippen LogP contribution in [0.1, 0.15) is 84.7 Å². The van der Waals surface area contributed by atoms with Crippen molar-refractivity contribution in [3.05, 3.63) is 59.2 Å². The summed E-state index contributed by atoms with van der Waals surface area (Å²) in [5.41, 5.74) is 5.66. The fourth-order valence-electron chi connectivity index (χ4n) is 9.24. The zero-order chi connectivity index (χ0) is 31.2. The van der Waals surface area contributed by atoms with Gasteiger partial charge in [0.1, 0.15) is 0 Å². The predicted octanol–water partition coefficient (Wildman–Crippen LogP) is 4.68. The molecule has 0 spiro atoms. The highest BCUT2D eigenvalue weighted by molar-refractivity contribution is 7.87. The quantitative estimate of drug-likeness (QED) is 0.442. The van der Waals surface area contributed by atoms with Gasteiger partial charge in [0.25, 0.3) is 5.91 Å². The van der Waals surface area contributed by atoms with Gasteiger partial charge >= 0.3 is 10.2 Å². The Labute approximate surface area is 265 Å². The monoisotopic (exact) mass is 629 g/mol. The number of hydrogen-bond acceptors (Lipinski definition) is 5. The van der Waals surface area contributed by atoms with Crippen molar-refractivity contribution in [3.63, 3.8) is 0 Å². The Morgan fingerprint density at radius 2 is 1.67 bits per heavy atom. The van der Waals surface area contributed by atoms with Gasteiger partial charge in [0, 0.05) is 73.8 Å². The molecule has 8 rings (SSSR count). The number of rotatable bonds is 5. The van der Waals surface area contributed by atoms with E-state index in [9.17, 15) is 18.0 Å². The molecule has 5 aliphatic rings. The number of fused-ring (bicyclic) bond motifs is 9. The number of carbonyl (C=O) groups is 2. The molecule has 2 aliphatic carbocycles. The van der Waals surface area contributed by atoms with Crippen LogP contribution in [0.4, 0.5) is 0 Å². The number of aromatic nitrogens is 1. The number of carbonyl (C=O) groups excluding carboxylic acids is 2. The summed E-state index contributed by atoms with van der Waals surface area (Å²) in [6, 6.07) is 14.8. The average molecular weight is 630 g/mol. The first-order valence-corrected chi connectivity index (χ1v) is 18.0. The number of nitrogens with one attached hydrogen (secondary N) is 1. The number of nitrogens with zero attached hydrogens (tertiary/aromatic N) is 4. The molecule has 2 saturated heterocycles. The number of piperazine rings is 1. The Morgan fingerprint density at radius 3 is 2.38 bits per heavy atom. The van der Waals surface area contributed by atoms with Crippen LogP contribution in [0.3, 0.4) is 0 Å². The number of likely N-dealkylation sites (N-methyl/N-ethyl adjacent to an activating group) is 1. The molecule has 9 nitrogen and oxygen atoms in total. The topological polar surface area (TPSA) is 95.0 Å². The first kappa shape index (κ1) is 29.2. The van der Waals surface area contributed by atoms with Gasteiger partial charge in [-0.05, 0) is 68.3 Å². The molecule has 1 N–H and O–H groups in total. The minimum Gasteiger partial charge on any atom is -0.339 e. The van der Waals surface area contributed by atoms with E-state index in [2.05, 4.69) is 50.4 Å². The van der Waals surface area contributed by atoms with E-state index >= 15 is 0 Å². The van der Waals surface area contributed by atoms with Gasteiger partial charge in [0.2, 0.25) is 5.91 Å². The van der Waals surface area contributed by atoms with Crippen molar-refractivity contribution in [3.8, 4) is 11.3 Å². The lowest BCUT2D eigenvalue weighted by molar-refractivity contribution is -0.143. The lowest BCUT2D eigenvalue weighted by Gasteiger charge is -2.41. The smallest absolute Gasteiger partial charge is 0.303 e. The third kappa shape index (κ3) is 4.50. The highest BCUT2D eigenvalue weighted by Gasteiger charge is 2.65. The molecule has 4 atom stereocenters. The lowest BCUT2D eigenvalue weighted by Crippen LogP contribution is -2.57. The van der Waals surface area contributed by atoms with Crippen LogP contribution in [0, 0.1) is 5.41 Å². The van der Waals surface area contributed by atoms with Gasteiger partial charge < -0.3 is 14.4 Å². The van der Waals surface area contributed by atoms with Crippen molar-refractivity contribution >= 4 is 32.9 Å². The van der Waals surface area contributed by atoms with Crippen LogP contribution in [0.15, 0.2) is 42.5 Å². The Balaban J connectivity index is 1.30. The molecule has 3 aliphatic heterocycles. The second kappa shape index (κ2) is 10.4. The van der Waals surface area contributed by atoms with Crippen molar-refractivity contribution in [1.29, 1.82) is 0 Å². The minimum absolute atomic E-state index is 0.158. The van der Waals surface area contributed by atoms with Gasteiger partial charge in [0.05, 0.1) is 11.1 Å². The first-order valence-electron chi connectivity index (χ1n) is 16.6. The van der Waals surface area contributed by atoms with Crippen LogP contribution in [0.25, 0.3) is 22.2 Å². The molecule has 2 saturated carbocycles. The van der Waals surface area contributed by atoms with E-state index in [0.29, 0.717) is 23.9 Å². The first-order chi connectivity index (χ1) is 21.6. The summed E-state index contributed by atoms with van der Waals surface area (Å²) >= 11 is 0. The second-order valence-electron chi connectivity index (χ2n) is 14.5. The Kier molecular flexibility index (Phi) is 6.75. The van der Waals surface area contributed by atoms with Gasteiger partial charge in [-0.1, -0.05) is 49.6 Å². The predicted molar refractivity (Wildman–Crippen MR) is 174 cm³/mol. The minimum atomic E-state index is -3.94. The van der Waals surface area contributed by atoms with E-state index in [1.54, 1.807) is 6.07 Å².